The predicted octanol–water partition coefficient (Wildman–Crippen LogP) is 5.42. The van der Waals surface area contributed by atoms with Gasteiger partial charge < -0.3 is 38.2 Å². The molecule has 1 aliphatic heterocycles. The minimum atomic E-state index is 0. The third kappa shape index (κ3) is 13.2. The van der Waals surface area contributed by atoms with Crippen molar-refractivity contribution >= 4 is 24.8 Å². The molecule has 3 aliphatic rings. The number of allylic oxidation sites excluding steroid dienone is 4. The summed E-state index contributed by atoms with van der Waals surface area (Å²) in [6.45, 7) is 7.19. The zero-order chi connectivity index (χ0) is 29.5. The van der Waals surface area contributed by atoms with Crippen LogP contribution in [0, 0.1) is 11.8 Å². The molecule has 0 amide bonds. The molecule has 1 saturated heterocycles. The fourth-order valence-corrected chi connectivity index (χ4v) is 7.16. The molecule has 4 atom stereocenters. The lowest BCUT2D eigenvalue weighted by Gasteiger charge is -2.38. The Bertz CT molecular complexity index is 675. The van der Waals surface area contributed by atoms with Crippen molar-refractivity contribution in [2.24, 2.45) is 11.8 Å². The second-order valence-corrected chi connectivity index (χ2v) is 12.1. The van der Waals surface area contributed by atoms with Crippen LogP contribution in [0.5, 0.6) is 0 Å². The third-order valence-corrected chi connectivity index (χ3v) is 9.55. The van der Waals surface area contributed by atoms with Gasteiger partial charge in [0.25, 0.3) is 0 Å². The van der Waals surface area contributed by atoms with Gasteiger partial charge in [-0.05, 0) is 95.8 Å². The molecule has 43 heavy (non-hydrogen) atoms. The molecule has 4 unspecified atom stereocenters. The van der Waals surface area contributed by atoms with E-state index in [0.717, 1.165) is 38.5 Å². The van der Waals surface area contributed by atoms with Crippen LogP contribution in [-0.4, -0.2) is 128 Å². The second kappa shape index (κ2) is 23.1. The Kier molecular flexibility index (Phi) is 21.9. The lowest BCUT2D eigenvalue weighted by Crippen LogP contribution is -2.47. The lowest BCUT2D eigenvalue weighted by molar-refractivity contribution is -0.136. The maximum Gasteiger partial charge on any atom is 0.109 e. The van der Waals surface area contributed by atoms with Crippen LogP contribution in [0.15, 0.2) is 24.3 Å². The highest BCUT2D eigenvalue weighted by Crippen LogP contribution is 2.32. The molecule has 3 fully saturated rings. The van der Waals surface area contributed by atoms with Gasteiger partial charge in [-0.1, -0.05) is 24.3 Å². The summed E-state index contributed by atoms with van der Waals surface area (Å²) in [5.41, 5.74) is 0. The van der Waals surface area contributed by atoms with Crippen molar-refractivity contribution in [1.82, 2.24) is 9.80 Å². The average Bonchev–Trinajstić information content (AvgIpc) is 3.24. The zero-order valence-electron chi connectivity index (χ0n) is 27.7. The summed E-state index contributed by atoms with van der Waals surface area (Å²) in [5, 5.41) is 0. The summed E-state index contributed by atoms with van der Waals surface area (Å²) in [5.74, 6) is 0.987. The van der Waals surface area contributed by atoms with E-state index in [1.807, 2.05) is 0 Å². The maximum atomic E-state index is 5.70. The smallest absolute Gasteiger partial charge is 0.109 e. The summed E-state index contributed by atoms with van der Waals surface area (Å²) in [4.78, 5) is 5.32. The van der Waals surface area contributed by atoms with Crippen LogP contribution in [-0.2, 0) is 28.4 Å². The van der Waals surface area contributed by atoms with Crippen molar-refractivity contribution in [3.8, 4) is 0 Å². The first-order valence-electron chi connectivity index (χ1n) is 16.0. The normalized spacial score (nSPS) is 32.9. The minimum Gasteiger partial charge on any atom is -0.379 e. The van der Waals surface area contributed by atoms with Crippen molar-refractivity contribution in [2.45, 2.75) is 94.4 Å². The van der Waals surface area contributed by atoms with E-state index in [2.05, 4.69) is 34.1 Å². The molecular weight excluding hydrogens is 591 g/mol. The topological polar surface area (TPSA) is 61.9 Å². The molecule has 0 spiro atoms. The van der Waals surface area contributed by atoms with Gasteiger partial charge in [-0.25, -0.2) is 0 Å². The Hall–Kier alpha value is -0.260. The molecule has 0 bridgehead atoms. The molecular formula is C33H62Cl2N2O6. The Morgan fingerprint density at radius 1 is 0.512 bits per heavy atom. The molecule has 8 nitrogen and oxygen atoms in total. The molecule has 254 valence electrons. The number of halogens is 2. The fraction of sp³-hybridized carbons (Fsp3) is 0.879. The van der Waals surface area contributed by atoms with Crippen molar-refractivity contribution < 1.29 is 28.4 Å². The van der Waals surface area contributed by atoms with Crippen LogP contribution in [0.25, 0.3) is 0 Å². The van der Waals surface area contributed by atoms with E-state index < -0.39 is 0 Å². The summed E-state index contributed by atoms with van der Waals surface area (Å²) < 4.78 is 34.1. The van der Waals surface area contributed by atoms with Gasteiger partial charge >= 0.3 is 0 Å². The van der Waals surface area contributed by atoms with Crippen molar-refractivity contribution in [3.05, 3.63) is 24.3 Å². The van der Waals surface area contributed by atoms with Crippen molar-refractivity contribution in [3.63, 3.8) is 0 Å². The van der Waals surface area contributed by atoms with Gasteiger partial charge in [0, 0.05) is 55.7 Å². The van der Waals surface area contributed by atoms with E-state index in [1.165, 1.54) is 58.5 Å². The van der Waals surface area contributed by atoms with Crippen molar-refractivity contribution in [2.75, 3.05) is 81.9 Å². The highest BCUT2D eigenvalue weighted by atomic mass is 35.5. The average molecular weight is 654 g/mol. The number of rotatable bonds is 16. The van der Waals surface area contributed by atoms with E-state index in [-0.39, 0.29) is 61.4 Å². The Morgan fingerprint density at radius 3 is 1.16 bits per heavy atom. The molecule has 0 aromatic carbocycles. The monoisotopic (exact) mass is 652 g/mol. The van der Waals surface area contributed by atoms with Gasteiger partial charge in [0.1, 0.15) is 12.2 Å². The van der Waals surface area contributed by atoms with Crippen LogP contribution in [0.1, 0.15) is 57.8 Å². The van der Waals surface area contributed by atoms with Crippen LogP contribution < -0.4 is 0 Å². The van der Waals surface area contributed by atoms with Crippen LogP contribution in [0.4, 0.5) is 0 Å². The predicted molar refractivity (Wildman–Crippen MR) is 179 cm³/mol. The molecule has 3 rings (SSSR count). The van der Waals surface area contributed by atoms with E-state index in [0.29, 0.717) is 11.8 Å². The summed E-state index contributed by atoms with van der Waals surface area (Å²) in [6, 6.07) is 0. The van der Waals surface area contributed by atoms with Gasteiger partial charge in [-0.2, -0.15) is 0 Å². The summed E-state index contributed by atoms with van der Waals surface area (Å²) >= 11 is 0. The Morgan fingerprint density at radius 2 is 0.860 bits per heavy atom. The number of unbranched alkanes of at least 4 members (excludes halogenated alkanes) is 2. The first kappa shape index (κ1) is 40.8. The minimum absolute atomic E-state index is 0. The molecule has 0 aromatic heterocycles. The number of nitrogens with zero attached hydrogens (tertiary/aromatic N) is 2. The standard InChI is InChI=1S/C33H60N2O6.2ClH/c1-36-28-22-26(23-29(37-2)32(28)40-5)14-9-7-11-16-34-18-13-19-35(21-20-34)17-12-8-10-15-27-24-30(38-3)33(41-6)31(25-27)39-4;;/h9-10,14-15,26-33H,7-8,11-13,16-25H2,1-6H3;2*1H/b14-9+,15-10+;;. The first-order chi connectivity index (χ1) is 20.1. The number of methoxy groups -OCH3 is 6. The fourth-order valence-electron chi connectivity index (χ4n) is 7.16. The Labute approximate surface area is 275 Å². The molecule has 1 heterocycles. The highest BCUT2D eigenvalue weighted by Gasteiger charge is 2.38. The molecule has 0 aromatic rings. The third-order valence-electron chi connectivity index (χ3n) is 9.55. The summed E-state index contributed by atoms with van der Waals surface area (Å²) in [7, 11) is 10.6. The maximum absolute atomic E-state index is 5.70. The SMILES string of the molecule is COC1CC(/C=C/CCCN2CCCN(CCC/C=C/C3CC(OC)C(OC)C(OC)C3)CC2)CC(OC)C1OC.Cl.Cl. The Balaban J connectivity index is 0.00000462. The zero-order valence-corrected chi connectivity index (χ0v) is 29.3. The van der Waals surface area contributed by atoms with Gasteiger partial charge in [0.2, 0.25) is 0 Å². The van der Waals surface area contributed by atoms with Crippen LogP contribution in [0.3, 0.4) is 0 Å². The second-order valence-electron chi connectivity index (χ2n) is 12.1. The highest BCUT2D eigenvalue weighted by molar-refractivity contribution is 5.85. The quantitative estimate of drug-likeness (QED) is 0.162. The molecule has 2 aliphatic carbocycles. The molecule has 0 radical (unpaired) electrons. The number of ether oxygens (including phenoxy) is 6. The largest absolute Gasteiger partial charge is 0.379 e. The lowest BCUT2D eigenvalue weighted by atomic mass is 9.82. The van der Waals surface area contributed by atoms with E-state index in [1.54, 1.807) is 42.7 Å². The molecule has 2 saturated carbocycles. The van der Waals surface area contributed by atoms with E-state index in [9.17, 15) is 0 Å². The molecule has 0 N–H and O–H groups in total. The van der Waals surface area contributed by atoms with Crippen LogP contribution >= 0.6 is 24.8 Å². The van der Waals surface area contributed by atoms with Gasteiger partial charge in [0.05, 0.1) is 24.4 Å². The molecule has 10 heteroatoms. The number of hydrogen-bond donors (Lipinski definition) is 0. The van der Waals surface area contributed by atoms with Gasteiger partial charge in [-0.15, -0.1) is 24.8 Å². The van der Waals surface area contributed by atoms with E-state index in [4.69, 9.17) is 28.4 Å². The van der Waals surface area contributed by atoms with E-state index >= 15 is 0 Å². The van der Waals surface area contributed by atoms with Crippen molar-refractivity contribution in [1.29, 1.82) is 0 Å². The number of hydrogen-bond acceptors (Lipinski definition) is 8. The first-order valence-corrected chi connectivity index (χ1v) is 16.0. The van der Waals surface area contributed by atoms with Crippen LogP contribution in [0.2, 0.25) is 0 Å². The van der Waals surface area contributed by atoms with Gasteiger partial charge in [0.15, 0.2) is 0 Å². The summed E-state index contributed by atoms with van der Waals surface area (Å²) in [6.07, 6.45) is 19.9. The van der Waals surface area contributed by atoms with Gasteiger partial charge in [-0.3, -0.25) is 0 Å².